The van der Waals surface area contributed by atoms with Crippen molar-refractivity contribution in [2.45, 2.75) is 12.8 Å². The van der Waals surface area contributed by atoms with Gasteiger partial charge in [0.1, 0.15) is 5.82 Å². The van der Waals surface area contributed by atoms with Crippen molar-refractivity contribution >= 4 is 16.9 Å². The Labute approximate surface area is 102 Å². The van der Waals surface area contributed by atoms with Gasteiger partial charge in [0.2, 0.25) is 0 Å². The maximum atomic E-state index is 13.6. The van der Waals surface area contributed by atoms with Crippen LogP contribution in [0.15, 0.2) is 29.1 Å². The molecule has 0 amide bonds. The number of para-hydroxylation sites is 1. The molecule has 94 valence electrons. The van der Waals surface area contributed by atoms with Gasteiger partial charge in [-0.1, -0.05) is 12.1 Å². The molecule has 0 aliphatic heterocycles. The van der Waals surface area contributed by atoms with E-state index in [1.807, 2.05) is 0 Å². The van der Waals surface area contributed by atoms with Crippen molar-refractivity contribution in [2.24, 2.45) is 7.05 Å². The number of fused-ring (bicyclic) bond motifs is 1. The Kier molecular flexibility index (Phi) is 3.14. The number of hydrogen-bond donors (Lipinski definition) is 1. The first-order valence-corrected chi connectivity index (χ1v) is 5.49. The van der Waals surface area contributed by atoms with Gasteiger partial charge in [-0.25, -0.2) is 4.39 Å². The third kappa shape index (κ3) is 2.11. The number of hydrogen-bond acceptors (Lipinski definition) is 2. The molecule has 1 aromatic heterocycles. The number of aromatic nitrogens is 1. The van der Waals surface area contributed by atoms with Crippen molar-refractivity contribution in [3.63, 3.8) is 0 Å². The number of carboxylic acids is 1. The van der Waals surface area contributed by atoms with Gasteiger partial charge in [0.05, 0.1) is 5.52 Å². The van der Waals surface area contributed by atoms with E-state index >= 15 is 0 Å². The maximum absolute atomic E-state index is 13.6. The van der Waals surface area contributed by atoms with E-state index in [0.29, 0.717) is 10.9 Å². The minimum atomic E-state index is -0.962. The van der Waals surface area contributed by atoms with Gasteiger partial charge in [-0.15, -0.1) is 0 Å². The number of rotatable bonds is 3. The van der Waals surface area contributed by atoms with Crippen LogP contribution in [0.2, 0.25) is 0 Å². The zero-order valence-corrected chi connectivity index (χ0v) is 9.81. The van der Waals surface area contributed by atoms with Gasteiger partial charge < -0.3 is 9.67 Å². The molecule has 2 aromatic rings. The van der Waals surface area contributed by atoms with Crippen molar-refractivity contribution < 1.29 is 14.3 Å². The summed E-state index contributed by atoms with van der Waals surface area (Å²) >= 11 is 0. The largest absolute Gasteiger partial charge is 0.481 e. The summed E-state index contributed by atoms with van der Waals surface area (Å²) in [6, 6.07) is 6.10. The van der Waals surface area contributed by atoms with Crippen LogP contribution in [0, 0.1) is 5.82 Å². The summed E-state index contributed by atoms with van der Waals surface area (Å²) < 4.78 is 14.8. The molecule has 2 rings (SSSR count). The summed E-state index contributed by atoms with van der Waals surface area (Å²) in [4.78, 5) is 22.5. The quantitative estimate of drug-likeness (QED) is 0.900. The van der Waals surface area contributed by atoms with Crippen LogP contribution >= 0.6 is 0 Å². The first-order valence-electron chi connectivity index (χ1n) is 5.49. The van der Waals surface area contributed by atoms with Crippen molar-refractivity contribution in [3.05, 3.63) is 46.0 Å². The molecule has 0 aliphatic carbocycles. The number of carboxylic acid groups (broad SMARTS) is 1. The number of pyridine rings is 1. The molecule has 0 saturated heterocycles. The lowest BCUT2D eigenvalue weighted by atomic mass is 10.1. The fraction of sp³-hybridized carbons (Fsp3) is 0.231. The molecule has 0 bridgehead atoms. The Bertz CT molecular complexity index is 676. The first-order chi connectivity index (χ1) is 8.50. The zero-order chi connectivity index (χ0) is 13.3. The molecule has 0 spiro atoms. The maximum Gasteiger partial charge on any atom is 0.303 e. The lowest BCUT2D eigenvalue weighted by molar-refractivity contribution is -0.136. The van der Waals surface area contributed by atoms with Crippen LogP contribution in [0.4, 0.5) is 4.39 Å². The van der Waals surface area contributed by atoms with Crippen molar-refractivity contribution in [3.8, 4) is 0 Å². The van der Waals surface area contributed by atoms with Crippen LogP contribution in [0.25, 0.3) is 10.9 Å². The Hall–Kier alpha value is -2.17. The van der Waals surface area contributed by atoms with Gasteiger partial charge in [-0.2, -0.15) is 0 Å². The molecule has 0 unspecified atom stereocenters. The van der Waals surface area contributed by atoms with E-state index in [1.165, 1.54) is 17.7 Å². The number of aliphatic carboxylic acids is 1. The van der Waals surface area contributed by atoms with Crippen LogP contribution in [0.5, 0.6) is 0 Å². The summed E-state index contributed by atoms with van der Waals surface area (Å²) in [5, 5.41) is 9.22. The van der Waals surface area contributed by atoms with Gasteiger partial charge in [0, 0.05) is 24.4 Å². The topological polar surface area (TPSA) is 59.3 Å². The van der Waals surface area contributed by atoms with Gasteiger partial charge in [0.15, 0.2) is 0 Å². The predicted molar refractivity (Wildman–Crippen MR) is 65.1 cm³/mol. The highest BCUT2D eigenvalue weighted by atomic mass is 19.1. The lowest BCUT2D eigenvalue weighted by Crippen LogP contribution is -2.22. The molecule has 0 atom stereocenters. The molecule has 0 aliphatic rings. The van der Waals surface area contributed by atoms with E-state index in [0.717, 1.165) is 0 Å². The average molecular weight is 249 g/mol. The van der Waals surface area contributed by atoms with Gasteiger partial charge in [-0.3, -0.25) is 9.59 Å². The molecular formula is C13H12FNO3. The van der Waals surface area contributed by atoms with Crippen molar-refractivity contribution in [2.75, 3.05) is 0 Å². The molecule has 18 heavy (non-hydrogen) atoms. The molecule has 0 fully saturated rings. The molecule has 1 aromatic carbocycles. The van der Waals surface area contributed by atoms with Gasteiger partial charge >= 0.3 is 5.97 Å². The fourth-order valence-electron chi connectivity index (χ4n) is 1.99. The minimum absolute atomic E-state index is 0.115. The first kappa shape index (κ1) is 12.3. The summed E-state index contributed by atoms with van der Waals surface area (Å²) in [7, 11) is 1.48. The van der Waals surface area contributed by atoms with E-state index in [-0.39, 0.29) is 23.9 Å². The standard InChI is InChI=1S/C13H12FNO3/c1-15-12-8(3-2-4-10(12)14)7-9(13(15)18)5-6-11(16)17/h2-4,7H,5-6H2,1H3,(H,16,17). The second kappa shape index (κ2) is 4.60. The fourth-order valence-corrected chi connectivity index (χ4v) is 1.99. The molecule has 4 nitrogen and oxygen atoms in total. The second-order valence-electron chi connectivity index (χ2n) is 4.11. The van der Waals surface area contributed by atoms with Crippen LogP contribution < -0.4 is 5.56 Å². The molecule has 5 heteroatoms. The van der Waals surface area contributed by atoms with Crippen molar-refractivity contribution in [1.29, 1.82) is 0 Å². The Balaban J connectivity index is 2.61. The zero-order valence-electron chi connectivity index (χ0n) is 9.81. The van der Waals surface area contributed by atoms with E-state index in [2.05, 4.69) is 0 Å². The van der Waals surface area contributed by atoms with Crippen LogP contribution in [-0.2, 0) is 18.3 Å². The normalized spacial score (nSPS) is 10.8. The second-order valence-corrected chi connectivity index (χ2v) is 4.11. The average Bonchev–Trinajstić information content (AvgIpc) is 2.31. The number of carbonyl (C=O) groups is 1. The SMILES string of the molecule is Cn1c(=O)c(CCC(=O)O)cc2cccc(F)c21. The van der Waals surface area contributed by atoms with Crippen LogP contribution in [-0.4, -0.2) is 15.6 Å². The molecule has 0 saturated carbocycles. The summed E-state index contributed by atoms with van der Waals surface area (Å²) in [5.74, 6) is -1.42. The number of halogens is 1. The Morgan fingerprint density at radius 1 is 1.44 bits per heavy atom. The lowest BCUT2D eigenvalue weighted by Gasteiger charge is -2.08. The van der Waals surface area contributed by atoms with Crippen LogP contribution in [0.3, 0.4) is 0 Å². The van der Waals surface area contributed by atoms with Crippen molar-refractivity contribution in [1.82, 2.24) is 4.57 Å². The number of benzene rings is 1. The predicted octanol–water partition coefficient (Wildman–Crippen LogP) is 1.69. The minimum Gasteiger partial charge on any atom is -0.481 e. The molecular weight excluding hydrogens is 237 g/mol. The van der Waals surface area contributed by atoms with Gasteiger partial charge in [0.25, 0.3) is 5.56 Å². The van der Waals surface area contributed by atoms with E-state index in [1.54, 1.807) is 18.2 Å². The Morgan fingerprint density at radius 2 is 2.17 bits per heavy atom. The van der Waals surface area contributed by atoms with E-state index < -0.39 is 11.8 Å². The monoisotopic (exact) mass is 249 g/mol. The van der Waals surface area contributed by atoms with Gasteiger partial charge in [-0.05, 0) is 18.6 Å². The molecule has 1 heterocycles. The highest BCUT2D eigenvalue weighted by Crippen LogP contribution is 2.16. The highest BCUT2D eigenvalue weighted by Gasteiger charge is 2.10. The third-order valence-electron chi connectivity index (χ3n) is 2.87. The summed E-state index contributed by atoms with van der Waals surface area (Å²) in [6.07, 6.45) is 0.0323. The third-order valence-corrected chi connectivity index (χ3v) is 2.87. The summed E-state index contributed by atoms with van der Waals surface area (Å²) in [6.45, 7) is 0. The highest BCUT2D eigenvalue weighted by molar-refractivity contribution is 5.80. The van der Waals surface area contributed by atoms with E-state index in [4.69, 9.17) is 5.11 Å². The van der Waals surface area contributed by atoms with E-state index in [9.17, 15) is 14.0 Å². The van der Waals surface area contributed by atoms with Crippen LogP contribution in [0.1, 0.15) is 12.0 Å². The summed E-state index contributed by atoms with van der Waals surface area (Å²) in [5.41, 5.74) is 0.272. The smallest absolute Gasteiger partial charge is 0.303 e. The molecule has 1 N–H and O–H groups in total. The Morgan fingerprint density at radius 3 is 2.83 bits per heavy atom. The number of aryl methyl sites for hydroxylation is 2. The molecule has 0 radical (unpaired) electrons. The number of nitrogens with zero attached hydrogens (tertiary/aromatic N) is 1.